The average molecular weight is 571 g/mol. The zero-order valence-corrected chi connectivity index (χ0v) is 24.6. The fraction of sp³-hybridized carbons (Fsp3) is 0.412. The second-order valence-corrected chi connectivity index (χ2v) is 12.0. The number of carbonyl (C=O) groups excluding carboxylic acids is 4. The molecule has 3 aliphatic rings. The van der Waals surface area contributed by atoms with Crippen molar-refractivity contribution in [1.82, 2.24) is 10.3 Å². The second-order valence-electron chi connectivity index (χ2n) is 12.0. The van der Waals surface area contributed by atoms with E-state index < -0.39 is 58.9 Å². The summed E-state index contributed by atoms with van der Waals surface area (Å²) in [4.78, 5) is 56.9. The fourth-order valence-electron chi connectivity index (χ4n) is 7.19. The van der Waals surface area contributed by atoms with E-state index in [2.05, 4.69) is 10.3 Å². The van der Waals surface area contributed by atoms with Gasteiger partial charge in [0, 0.05) is 41.9 Å². The lowest BCUT2D eigenvalue weighted by molar-refractivity contribution is -0.149. The number of para-hydroxylation sites is 1. The minimum Gasteiger partial charge on any atom is -0.450 e. The van der Waals surface area contributed by atoms with E-state index >= 15 is 0 Å². The molecule has 2 aromatic rings. The lowest BCUT2D eigenvalue weighted by Crippen LogP contribution is -2.55. The number of allylic oxidation sites excluding steroid dienone is 3. The quantitative estimate of drug-likeness (QED) is 0.287. The van der Waals surface area contributed by atoms with Crippen molar-refractivity contribution in [1.29, 1.82) is 0 Å². The Bertz CT molecular complexity index is 1570. The van der Waals surface area contributed by atoms with Gasteiger partial charge in [0.25, 0.3) is 0 Å². The van der Waals surface area contributed by atoms with Crippen molar-refractivity contribution in [3.8, 4) is 0 Å². The van der Waals surface area contributed by atoms with Crippen LogP contribution in [-0.4, -0.2) is 51.8 Å². The molecular weight excluding hydrogens is 532 g/mol. The number of H-pyrrole nitrogens is 1. The number of benzene rings is 1. The number of rotatable bonds is 3. The van der Waals surface area contributed by atoms with Crippen LogP contribution in [-0.2, 0) is 30.3 Å². The van der Waals surface area contributed by atoms with Gasteiger partial charge in [0.2, 0.25) is 11.7 Å². The molecule has 3 N–H and O–H groups in total. The highest BCUT2D eigenvalue weighted by molar-refractivity contribution is 6.16. The Morgan fingerprint density at radius 2 is 1.83 bits per heavy atom. The number of hydrogen-bond donors (Lipinski definition) is 3. The van der Waals surface area contributed by atoms with Crippen LogP contribution in [0.15, 0.2) is 77.6 Å². The van der Waals surface area contributed by atoms with Crippen molar-refractivity contribution in [3.05, 3.63) is 83.1 Å². The molecule has 1 aliphatic heterocycles. The summed E-state index contributed by atoms with van der Waals surface area (Å²) < 4.78 is 5.34. The third-order valence-corrected chi connectivity index (χ3v) is 9.26. The van der Waals surface area contributed by atoms with Gasteiger partial charge in [0.1, 0.15) is 5.41 Å². The van der Waals surface area contributed by atoms with E-state index in [9.17, 15) is 24.3 Å². The van der Waals surface area contributed by atoms with Crippen LogP contribution in [0.2, 0.25) is 0 Å². The number of fused-ring (bicyclic) bond motifs is 1. The Balaban J connectivity index is 1.64. The Morgan fingerprint density at radius 3 is 2.57 bits per heavy atom. The number of aromatic amines is 1. The van der Waals surface area contributed by atoms with E-state index in [4.69, 9.17) is 4.74 Å². The molecule has 42 heavy (non-hydrogen) atoms. The standard InChI is InChI=1S/C34H38N2O6/c1-18-9-8-11-25-31(40)21(4)20(3)30-27(16-23-17-35-26-12-7-6-10-24(23)26)36-33(41)34(25,30)29(39)14-13-28(38)32(19(2)15-18)42-22(5)37/h6-8,10-15,17-18,25,27,30-32,35,40H,9,16H2,1-5H3,(H,36,41)/b11-8-,14-13-,19-15-/t18-,25-,27-,30-,31+,32+,34+/m0/s1. The summed E-state index contributed by atoms with van der Waals surface area (Å²) >= 11 is 0. The first kappa shape index (κ1) is 29.5. The molecule has 0 radical (unpaired) electrons. The summed E-state index contributed by atoms with van der Waals surface area (Å²) in [6, 6.07) is 7.50. The summed E-state index contributed by atoms with van der Waals surface area (Å²) in [7, 11) is 0. The fourth-order valence-corrected chi connectivity index (χ4v) is 7.19. The molecule has 1 fully saturated rings. The van der Waals surface area contributed by atoms with Gasteiger partial charge in [-0.2, -0.15) is 0 Å². The van der Waals surface area contributed by atoms with Gasteiger partial charge in [0.05, 0.1) is 6.10 Å². The maximum atomic E-state index is 14.3. The van der Waals surface area contributed by atoms with Crippen LogP contribution in [0.1, 0.15) is 46.6 Å². The maximum Gasteiger partial charge on any atom is 0.303 e. The summed E-state index contributed by atoms with van der Waals surface area (Å²) in [5, 5.41) is 15.7. The van der Waals surface area contributed by atoms with E-state index in [0.29, 0.717) is 18.4 Å². The largest absolute Gasteiger partial charge is 0.450 e. The third-order valence-electron chi connectivity index (χ3n) is 9.26. The number of aromatic nitrogens is 1. The van der Waals surface area contributed by atoms with Crippen LogP contribution >= 0.6 is 0 Å². The first-order valence-electron chi connectivity index (χ1n) is 14.5. The van der Waals surface area contributed by atoms with Crippen LogP contribution in [0.4, 0.5) is 0 Å². The number of esters is 1. The van der Waals surface area contributed by atoms with Gasteiger partial charge >= 0.3 is 5.97 Å². The summed E-state index contributed by atoms with van der Waals surface area (Å²) in [6.07, 6.45) is 8.52. The second kappa shape index (κ2) is 11.3. The highest BCUT2D eigenvalue weighted by atomic mass is 16.5. The molecule has 0 bridgehead atoms. The van der Waals surface area contributed by atoms with E-state index in [1.807, 2.05) is 63.4 Å². The molecule has 1 aromatic heterocycles. The molecule has 220 valence electrons. The Hall–Kier alpha value is -4.04. The predicted octanol–water partition coefficient (Wildman–Crippen LogP) is 4.31. The molecule has 1 aromatic carbocycles. The highest BCUT2D eigenvalue weighted by Gasteiger charge is 2.66. The molecule has 1 saturated heterocycles. The Kier molecular flexibility index (Phi) is 7.94. The molecule has 8 heteroatoms. The van der Waals surface area contributed by atoms with Crippen LogP contribution in [0.3, 0.4) is 0 Å². The van der Waals surface area contributed by atoms with Crippen molar-refractivity contribution in [2.24, 2.45) is 23.2 Å². The van der Waals surface area contributed by atoms with E-state index in [1.165, 1.54) is 6.92 Å². The van der Waals surface area contributed by atoms with E-state index in [-0.39, 0.29) is 5.92 Å². The van der Waals surface area contributed by atoms with Gasteiger partial charge in [0.15, 0.2) is 11.9 Å². The van der Waals surface area contributed by atoms with Crippen LogP contribution in [0.25, 0.3) is 10.9 Å². The van der Waals surface area contributed by atoms with Gasteiger partial charge < -0.3 is 20.1 Å². The third kappa shape index (κ3) is 4.87. The minimum absolute atomic E-state index is 0.0366. The Morgan fingerprint density at radius 1 is 1.10 bits per heavy atom. The molecule has 0 unspecified atom stereocenters. The number of ketones is 2. The first-order valence-corrected chi connectivity index (χ1v) is 14.5. The number of nitrogens with one attached hydrogen (secondary N) is 2. The zero-order valence-electron chi connectivity index (χ0n) is 24.6. The van der Waals surface area contributed by atoms with Crippen molar-refractivity contribution < 1.29 is 29.0 Å². The molecule has 7 atom stereocenters. The minimum atomic E-state index is -1.66. The van der Waals surface area contributed by atoms with Crippen LogP contribution < -0.4 is 5.32 Å². The highest BCUT2D eigenvalue weighted by Crippen LogP contribution is 2.55. The van der Waals surface area contributed by atoms with E-state index in [1.54, 1.807) is 13.0 Å². The van der Waals surface area contributed by atoms with Crippen molar-refractivity contribution in [2.45, 2.75) is 65.7 Å². The zero-order chi connectivity index (χ0) is 30.3. The topological polar surface area (TPSA) is 126 Å². The van der Waals surface area contributed by atoms with Crippen molar-refractivity contribution in [2.75, 3.05) is 0 Å². The number of amides is 1. The lowest BCUT2D eigenvalue weighted by Gasteiger charge is -2.45. The van der Waals surface area contributed by atoms with Gasteiger partial charge in [-0.15, -0.1) is 0 Å². The molecule has 5 rings (SSSR count). The van der Waals surface area contributed by atoms with Crippen molar-refractivity contribution in [3.63, 3.8) is 0 Å². The number of aliphatic hydroxyl groups excluding tert-OH is 1. The summed E-state index contributed by atoms with van der Waals surface area (Å²) in [5.41, 5.74) is 2.42. The monoisotopic (exact) mass is 570 g/mol. The van der Waals surface area contributed by atoms with Gasteiger partial charge in [-0.1, -0.05) is 48.9 Å². The molecule has 0 saturated carbocycles. The van der Waals surface area contributed by atoms with Gasteiger partial charge in [-0.3, -0.25) is 19.2 Å². The Labute approximate surface area is 245 Å². The molecule has 2 heterocycles. The molecule has 1 spiro atoms. The van der Waals surface area contributed by atoms with Gasteiger partial charge in [-0.25, -0.2) is 0 Å². The SMILES string of the molecule is CC(=O)O[C@H]1C(=O)/C=C\C(=O)[C@@]23C(=O)N[C@@H](Cc4c[nH]c5ccccc45)[C@@H]2C(C)=C(C)[C@@H](O)[C@@H]3/C=C\C[C@H](C)/C=C\1C. The van der Waals surface area contributed by atoms with Crippen LogP contribution in [0.5, 0.6) is 0 Å². The van der Waals surface area contributed by atoms with Crippen molar-refractivity contribution >= 4 is 34.3 Å². The summed E-state index contributed by atoms with van der Waals surface area (Å²) in [6.45, 7) is 8.65. The normalized spacial score (nSPS) is 34.7. The summed E-state index contributed by atoms with van der Waals surface area (Å²) in [5.74, 6) is -3.64. The number of hydrogen-bond acceptors (Lipinski definition) is 6. The number of carbonyl (C=O) groups is 4. The molecular formula is C34H38N2O6. The lowest BCUT2D eigenvalue weighted by atomic mass is 9.55. The van der Waals surface area contributed by atoms with Crippen LogP contribution in [0, 0.1) is 23.2 Å². The number of ether oxygens (including phenoxy) is 1. The van der Waals surface area contributed by atoms with E-state index in [0.717, 1.165) is 39.8 Å². The average Bonchev–Trinajstić information content (AvgIpc) is 3.49. The number of aliphatic hydroxyl groups is 1. The van der Waals surface area contributed by atoms with Gasteiger partial charge in [-0.05, 0) is 74.5 Å². The molecule has 2 aliphatic carbocycles. The maximum absolute atomic E-state index is 14.3. The molecule has 8 nitrogen and oxygen atoms in total. The molecule has 1 amide bonds. The predicted molar refractivity (Wildman–Crippen MR) is 159 cm³/mol. The first-order chi connectivity index (χ1) is 20.0. The smallest absolute Gasteiger partial charge is 0.303 e.